The van der Waals surface area contributed by atoms with Crippen molar-refractivity contribution in [1.82, 2.24) is 23.9 Å². The Hall–Kier alpha value is -3.76. The van der Waals surface area contributed by atoms with Gasteiger partial charge in [-0.05, 0) is 48.4 Å². The molecule has 10 heteroatoms. The minimum atomic E-state index is -0.434. The zero-order valence-corrected chi connectivity index (χ0v) is 19.8. The van der Waals surface area contributed by atoms with Gasteiger partial charge in [0.05, 0.1) is 30.6 Å². The number of nitrogens with one attached hydrogen (secondary N) is 3. The maximum atomic E-state index is 14.6. The Balaban J connectivity index is 1.24. The number of H-pyrrole nitrogens is 1. The Morgan fingerprint density at radius 2 is 2.14 bits per heavy atom. The summed E-state index contributed by atoms with van der Waals surface area (Å²) in [7, 11) is 1.63. The molecule has 4 heterocycles. The van der Waals surface area contributed by atoms with Gasteiger partial charge in [0.25, 0.3) is 0 Å². The van der Waals surface area contributed by atoms with E-state index in [0.717, 1.165) is 44.8 Å². The summed E-state index contributed by atoms with van der Waals surface area (Å²) in [5.41, 5.74) is 6.25. The van der Waals surface area contributed by atoms with Crippen LogP contribution in [0.3, 0.4) is 0 Å². The third-order valence-electron chi connectivity index (χ3n) is 6.63. The first kappa shape index (κ1) is 21.8. The van der Waals surface area contributed by atoms with Gasteiger partial charge >= 0.3 is 0 Å². The fraction of sp³-hybridized carbons (Fsp3) is 0.240. The summed E-state index contributed by atoms with van der Waals surface area (Å²) >= 11 is 1.20. The van der Waals surface area contributed by atoms with Crippen molar-refractivity contribution in [1.29, 1.82) is 0 Å². The number of halogens is 1. The van der Waals surface area contributed by atoms with Crippen molar-refractivity contribution in [3.8, 4) is 0 Å². The molecule has 0 unspecified atom stereocenters. The molecule has 1 aliphatic heterocycles. The lowest BCUT2D eigenvalue weighted by atomic mass is 9.95. The molecule has 2 aromatic carbocycles. The van der Waals surface area contributed by atoms with Crippen LogP contribution < -0.4 is 10.6 Å². The first-order valence-corrected chi connectivity index (χ1v) is 12.1. The van der Waals surface area contributed by atoms with Crippen molar-refractivity contribution < 1.29 is 13.6 Å². The second-order valence-corrected chi connectivity index (χ2v) is 9.20. The summed E-state index contributed by atoms with van der Waals surface area (Å²) in [6.45, 7) is 1.51. The van der Waals surface area contributed by atoms with Crippen LogP contribution >= 0.6 is 11.7 Å². The van der Waals surface area contributed by atoms with Gasteiger partial charge in [-0.1, -0.05) is 6.07 Å². The molecule has 35 heavy (non-hydrogen) atoms. The number of carbonyl (C=O) groups excluding carboxylic acids is 1. The average molecular weight is 491 g/mol. The van der Waals surface area contributed by atoms with E-state index >= 15 is 0 Å². The molecule has 0 saturated heterocycles. The van der Waals surface area contributed by atoms with Gasteiger partial charge in [-0.3, -0.25) is 9.69 Å². The number of fused-ring (bicyclic) bond motifs is 4. The van der Waals surface area contributed by atoms with E-state index in [1.807, 2.05) is 30.3 Å². The van der Waals surface area contributed by atoms with Gasteiger partial charge in [0.2, 0.25) is 5.91 Å². The topological polar surface area (TPSA) is 99.1 Å². The van der Waals surface area contributed by atoms with Crippen molar-refractivity contribution >= 4 is 45.3 Å². The predicted molar refractivity (Wildman–Crippen MR) is 133 cm³/mol. The number of furan rings is 1. The Morgan fingerprint density at radius 1 is 1.26 bits per heavy atom. The fourth-order valence-electron chi connectivity index (χ4n) is 4.85. The Labute approximate surface area is 204 Å². The number of anilines is 1. The molecule has 0 fully saturated rings. The molecule has 178 valence electrons. The van der Waals surface area contributed by atoms with Crippen molar-refractivity contribution in [3.63, 3.8) is 0 Å². The van der Waals surface area contributed by atoms with E-state index in [2.05, 4.69) is 29.3 Å². The SMILES string of the molecule is CNC(=O)[C@H]1Cc2c([nH]c3cccc(F)c23)CN1Cc1occc1CNc1ccc2nsnc2c1. The van der Waals surface area contributed by atoms with Crippen LogP contribution in [0.5, 0.6) is 0 Å². The maximum absolute atomic E-state index is 14.6. The van der Waals surface area contributed by atoms with Crippen molar-refractivity contribution in [2.75, 3.05) is 12.4 Å². The largest absolute Gasteiger partial charge is 0.468 e. The van der Waals surface area contributed by atoms with E-state index in [0.29, 0.717) is 31.4 Å². The van der Waals surface area contributed by atoms with Crippen LogP contribution in [0.25, 0.3) is 21.9 Å². The molecule has 3 aromatic heterocycles. The number of benzene rings is 2. The van der Waals surface area contributed by atoms with Gasteiger partial charge in [0, 0.05) is 48.0 Å². The van der Waals surface area contributed by atoms with E-state index in [-0.39, 0.29) is 11.7 Å². The van der Waals surface area contributed by atoms with E-state index in [9.17, 15) is 9.18 Å². The summed E-state index contributed by atoms with van der Waals surface area (Å²) in [6, 6.07) is 12.4. The van der Waals surface area contributed by atoms with Gasteiger partial charge in [0.15, 0.2) is 0 Å². The Morgan fingerprint density at radius 3 is 3.03 bits per heavy atom. The summed E-state index contributed by atoms with van der Waals surface area (Å²) in [6.07, 6.45) is 2.09. The summed E-state index contributed by atoms with van der Waals surface area (Å²) < 4.78 is 29.0. The van der Waals surface area contributed by atoms with Crippen LogP contribution in [-0.2, 0) is 30.8 Å². The van der Waals surface area contributed by atoms with Crippen LogP contribution in [0, 0.1) is 5.82 Å². The molecule has 0 spiro atoms. The van der Waals surface area contributed by atoms with Crippen LogP contribution in [0.2, 0.25) is 0 Å². The van der Waals surface area contributed by atoms with Crippen molar-refractivity contribution in [2.45, 2.75) is 32.1 Å². The van der Waals surface area contributed by atoms with E-state index in [4.69, 9.17) is 4.42 Å². The fourth-order valence-corrected chi connectivity index (χ4v) is 5.37. The highest BCUT2D eigenvalue weighted by Crippen LogP contribution is 2.33. The average Bonchev–Trinajstić information content (AvgIpc) is 3.60. The molecule has 0 radical (unpaired) electrons. The molecule has 3 N–H and O–H groups in total. The first-order valence-electron chi connectivity index (χ1n) is 11.4. The first-order chi connectivity index (χ1) is 17.1. The number of amides is 1. The number of hydrogen-bond acceptors (Lipinski definition) is 7. The quantitative estimate of drug-likeness (QED) is 0.330. The second kappa shape index (κ2) is 8.79. The lowest BCUT2D eigenvalue weighted by Crippen LogP contribution is -2.49. The van der Waals surface area contributed by atoms with Gasteiger partial charge < -0.3 is 20.0 Å². The lowest BCUT2D eigenvalue weighted by molar-refractivity contribution is -0.126. The molecule has 1 aliphatic rings. The molecular weight excluding hydrogens is 467 g/mol. The highest BCUT2D eigenvalue weighted by atomic mass is 32.1. The molecular formula is C25H23FN6O2S. The third kappa shape index (κ3) is 3.94. The highest BCUT2D eigenvalue weighted by molar-refractivity contribution is 7.00. The van der Waals surface area contributed by atoms with Crippen LogP contribution in [-0.4, -0.2) is 37.6 Å². The van der Waals surface area contributed by atoms with E-state index in [1.165, 1.54) is 17.8 Å². The number of likely N-dealkylation sites (N-methyl/N-ethyl adjacent to an activating group) is 1. The molecule has 0 aliphatic carbocycles. The lowest BCUT2D eigenvalue weighted by Gasteiger charge is -2.34. The van der Waals surface area contributed by atoms with E-state index < -0.39 is 6.04 Å². The zero-order chi connectivity index (χ0) is 23.9. The minimum absolute atomic E-state index is 0.0993. The number of aromatic nitrogens is 3. The molecule has 8 nitrogen and oxygen atoms in total. The van der Waals surface area contributed by atoms with Gasteiger partial charge in [0.1, 0.15) is 22.6 Å². The molecule has 6 rings (SSSR count). The van der Waals surface area contributed by atoms with Crippen molar-refractivity contribution in [2.24, 2.45) is 0 Å². The molecule has 0 saturated carbocycles. The van der Waals surface area contributed by atoms with Crippen LogP contribution in [0.1, 0.15) is 22.6 Å². The number of rotatable bonds is 6. The maximum Gasteiger partial charge on any atom is 0.237 e. The standard InChI is InChI=1S/C25H23FN6O2S/c1-27-25(33)22-10-16-21(29-19-4-2-3-17(26)24(16)19)12-32(22)13-23-14(7-8-34-23)11-28-15-5-6-18-20(9-15)31-35-30-18/h2-9,22,28-29H,10-13H2,1H3,(H,27,33)/t22-/m1/s1. The van der Waals surface area contributed by atoms with Crippen molar-refractivity contribution in [3.05, 3.63) is 77.1 Å². The predicted octanol–water partition coefficient (Wildman–Crippen LogP) is 4.19. The monoisotopic (exact) mass is 490 g/mol. The number of nitrogens with zero attached hydrogens (tertiary/aromatic N) is 3. The number of carbonyl (C=O) groups is 1. The Bertz CT molecular complexity index is 1540. The number of hydrogen-bond donors (Lipinski definition) is 3. The third-order valence-corrected chi connectivity index (χ3v) is 7.19. The van der Waals surface area contributed by atoms with Crippen LogP contribution in [0.15, 0.2) is 53.1 Å². The number of aromatic amines is 1. The van der Waals surface area contributed by atoms with Gasteiger partial charge in [-0.25, -0.2) is 4.39 Å². The normalized spacial score (nSPS) is 16.0. The van der Waals surface area contributed by atoms with Gasteiger partial charge in [-0.2, -0.15) is 8.75 Å². The summed E-state index contributed by atoms with van der Waals surface area (Å²) in [5, 5.41) is 6.76. The summed E-state index contributed by atoms with van der Waals surface area (Å²) in [5.74, 6) is 0.418. The molecule has 1 amide bonds. The molecule has 5 aromatic rings. The minimum Gasteiger partial charge on any atom is -0.468 e. The van der Waals surface area contributed by atoms with E-state index in [1.54, 1.807) is 19.4 Å². The highest BCUT2D eigenvalue weighted by Gasteiger charge is 2.34. The Kier molecular flexibility index (Phi) is 5.46. The summed E-state index contributed by atoms with van der Waals surface area (Å²) in [4.78, 5) is 18.3. The molecule has 1 atom stereocenters. The van der Waals surface area contributed by atoms with Gasteiger partial charge in [-0.15, -0.1) is 0 Å². The molecule has 0 bridgehead atoms. The smallest absolute Gasteiger partial charge is 0.237 e. The van der Waals surface area contributed by atoms with Crippen LogP contribution in [0.4, 0.5) is 10.1 Å². The second-order valence-electron chi connectivity index (χ2n) is 8.67. The zero-order valence-electron chi connectivity index (χ0n) is 19.0.